The van der Waals surface area contributed by atoms with Crippen molar-refractivity contribution in [3.8, 4) is 0 Å². The summed E-state index contributed by atoms with van der Waals surface area (Å²) in [5, 5.41) is 9.01. The number of nitrogens with zero attached hydrogens (tertiary/aromatic N) is 1. The Morgan fingerprint density at radius 1 is 1.50 bits per heavy atom. The molecule has 0 aliphatic carbocycles. The minimum Gasteiger partial charge on any atom is -0.395 e. The van der Waals surface area contributed by atoms with Crippen molar-refractivity contribution in [1.82, 2.24) is 0 Å². The average molecular weight is 238 g/mol. The van der Waals surface area contributed by atoms with Crippen LogP contribution in [0.25, 0.3) is 0 Å². The summed E-state index contributed by atoms with van der Waals surface area (Å²) in [6, 6.07) is 6.01. The molecule has 1 aromatic carbocycles. The molecular weight excluding hydrogens is 220 g/mol. The van der Waals surface area contributed by atoms with E-state index in [0.29, 0.717) is 11.5 Å². The molecule has 0 heterocycles. The standard InChI is InChI=1S/C12H18N2OS/c1-3-14(6-7-15)11-5-4-9(2)8-10(11)12(13)16/h4-5,8,15H,3,6-7H2,1-2H3,(H2,13,16). The molecule has 4 heteroatoms. The van der Waals surface area contributed by atoms with Crippen LogP contribution in [0.3, 0.4) is 0 Å². The Hall–Kier alpha value is -1.13. The fraction of sp³-hybridized carbons (Fsp3) is 0.417. The van der Waals surface area contributed by atoms with Gasteiger partial charge in [0.25, 0.3) is 0 Å². The number of hydrogen-bond donors (Lipinski definition) is 2. The maximum atomic E-state index is 9.01. The zero-order valence-electron chi connectivity index (χ0n) is 9.73. The van der Waals surface area contributed by atoms with Gasteiger partial charge in [-0.2, -0.15) is 0 Å². The fourth-order valence-electron chi connectivity index (χ4n) is 1.69. The van der Waals surface area contributed by atoms with Gasteiger partial charge in [0.05, 0.1) is 6.61 Å². The summed E-state index contributed by atoms with van der Waals surface area (Å²) >= 11 is 5.05. The first-order valence-electron chi connectivity index (χ1n) is 5.36. The summed E-state index contributed by atoms with van der Waals surface area (Å²) in [6.07, 6.45) is 0. The predicted molar refractivity (Wildman–Crippen MR) is 72.0 cm³/mol. The number of hydrogen-bond acceptors (Lipinski definition) is 3. The molecule has 0 atom stereocenters. The summed E-state index contributed by atoms with van der Waals surface area (Å²) in [4.78, 5) is 2.46. The van der Waals surface area contributed by atoms with Crippen molar-refractivity contribution in [3.05, 3.63) is 29.3 Å². The lowest BCUT2D eigenvalue weighted by Crippen LogP contribution is -2.28. The Balaban J connectivity index is 3.14. The minimum atomic E-state index is 0.124. The number of aliphatic hydroxyl groups is 1. The molecule has 0 radical (unpaired) electrons. The van der Waals surface area contributed by atoms with Crippen molar-refractivity contribution >= 4 is 22.9 Å². The lowest BCUT2D eigenvalue weighted by atomic mass is 10.1. The molecule has 0 spiro atoms. The molecule has 3 nitrogen and oxygen atoms in total. The molecule has 1 aromatic rings. The Morgan fingerprint density at radius 3 is 2.69 bits per heavy atom. The molecule has 88 valence electrons. The van der Waals surface area contributed by atoms with Gasteiger partial charge in [-0.05, 0) is 26.0 Å². The first kappa shape index (κ1) is 12.9. The van der Waals surface area contributed by atoms with Crippen LogP contribution in [-0.4, -0.2) is 29.8 Å². The zero-order valence-corrected chi connectivity index (χ0v) is 10.5. The van der Waals surface area contributed by atoms with E-state index in [9.17, 15) is 0 Å². The van der Waals surface area contributed by atoms with Crippen molar-refractivity contribution in [2.24, 2.45) is 5.73 Å². The van der Waals surface area contributed by atoms with Gasteiger partial charge in [-0.25, -0.2) is 0 Å². The number of thiocarbonyl (C=S) groups is 1. The van der Waals surface area contributed by atoms with E-state index in [1.165, 1.54) is 0 Å². The number of anilines is 1. The second kappa shape index (κ2) is 5.82. The highest BCUT2D eigenvalue weighted by atomic mass is 32.1. The number of aryl methyl sites for hydroxylation is 1. The summed E-state index contributed by atoms with van der Waals surface area (Å²) < 4.78 is 0. The zero-order chi connectivity index (χ0) is 12.1. The van der Waals surface area contributed by atoms with Gasteiger partial charge in [0.1, 0.15) is 4.99 Å². The van der Waals surface area contributed by atoms with Crippen molar-refractivity contribution in [3.63, 3.8) is 0 Å². The van der Waals surface area contributed by atoms with Gasteiger partial charge < -0.3 is 15.7 Å². The Labute approximate surface area is 102 Å². The average Bonchev–Trinajstić information content (AvgIpc) is 2.26. The van der Waals surface area contributed by atoms with Crippen LogP contribution in [0.1, 0.15) is 18.1 Å². The van der Waals surface area contributed by atoms with E-state index in [4.69, 9.17) is 23.1 Å². The molecular formula is C12H18N2OS. The minimum absolute atomic E-state index is 0.124. The highest BCUT2D eigenvalue weighted by molar-refractivity contribution is 7.80. The quantitative estimate of drug-likeness (QED) is 0.762. The van der Waals surface area contributed by atoms with Gasteiger partial charge in [0.2, 0.25) is 0 Å². The Kier molecular flexibility index (Phi) is 4.71. The van der Waals surface area contributed by atoms with Gasteiger partial charge >= 0.3 is 0 Å². The molecule has 0 saturated heterocycles. The first-order valence-corrected chi connectivity index (χ1v) is 5.77. The molecule has 0 aliphatic heterocycles. The number of nitrogens with two attached hydrogens (primary N) is 1. The molecule has 0 aliphatic rings. The van der Waals surface area contributed by atoms with E-state index >= 15 is 0 Å². The second-order valence-corrected chi connectivity index (χ2v) is 4.13. The van der Waals surface area contributed by atoms with Crippen molar-refractivity contribution in [2.45, 2.75) is 13.8 Å². The third kappa shape index (κ3) is 2.93. The third-order valence-electron chi connectivity index (χ3n) is 2.51. The monoisotopic (exact) mass is 238 g/mol. The second-order valence-electron chi connectivity index (χ2n) is 3.69. The fourth-order valence-corrected chi connectivity index (χ4v) is 1.86. The summed E-state index contributed by atoms with van der Waals surface area (Å²) in [7, 11) is 0. The Bertz CT molecular complexity index is 379. The topological polar surface area (TPSA) is 49.5 Å². The lowest BCUT2D eigenvalue weighted by Gasteiger charge is -2.24. The molecule has 0 bridgehead atoms. The van der Waals surface area contributed by atoms with Crippen LogP contribution in [-0.2, 0) is 0 Å². The highest BCUT2D eigenvalue weighted by Crippen LogP contribution is 2.21. The van der Waals surface area contributed by atoms with E-state index in [-0.39, 0.29) is 6.61 Å². The molecule has 16 heavy (non-hydrogen) atoms. The first-order chi connectivity index (χ1) is 7.60. The van der Waals surface area contributed by atoms with Crippen LogP contribution in [0.4, 0.5) is 5.69 Å². The SMILES string of the molecule is CCN(CCO)c1ccc(C)cc1C(N)=S. The van der Waals surface area contributed by atoms with E-state index in [2.05, 4.69) is 4.90 Å². The summed E-state index contributed by atoms with van der Waals surface area (Å²) in [6.45, 7) is 5.58. The van der Waals surface area contributed by atoms with Gasteiger partial charge in [-0.15, -0.1) is 0 Å². The van der Waals surface area contributed by atoms with E-state index in [0.717, 1.165) is 23.4 Å². The van der Waals surface area contributed by atoms with Gasteiger partial charge in [0.15, 0.2) is 0 Å². The van der Waals surface area contributed by atoms with Crippen molar-refractivity contribution in [1.29, 1.82) is 0 Å². The number of likely N-dealkylation sites (N-methyl/N-ethyl adjacent to an activating group) is 1. The van der Waals surface area contributed by atoms with Crippen LogP contribution >= 0.6 is 12.2 Å². The lowest BCUT2D eigenvalue weighted by molar-refractivity contribution is 0.302. The van der Waals surface area contributed by atoms with Crippen LogP contribution in [0.5, 0.6) is 0 Å². The van der Waals surface area contributed by atoms with Gasteiger partial charge in [-0.1, -0.05) is 23.8 Å². The van der Waals surface area contributed by atoms with Crippen LogP contribution in [0.15, 0.2) is 18.2 Å². The molecule has 3 N–H and O–H groups in total. The van der Waals surface area contributed by atoms with Gasteiger partial charge in [-0.3, -0.25) is 0 Å². The maximum Gasteiger partial charge on any atom is 0.106 e. The number of aliphatic hydroxyl groups excluding tert-OH is 1. The predicted octanol–water partition coefficient (Wildman–Crippen LogP) is 1.45. The summed E-state index contributed by atoms with van der Waals surface area (Å²) in [5.41, 5.74) is 8.72. The van der Waals surface area contributed by atoms with E-state index in [1.807, 2.05) is 32.0 Å². The molecule has 0 unspecified atom stereocenters. The van der Waals surface area contributed by atoms with Crippen molar-refractivity contribution in [2.75, 3.05) is 24.6 Å². The highest BCUT2D eigenvalue weighted by Gasteiger charge is 2.11. The van der Waals surface area contributed by atoms with Crippen molar-refractivity contribution < 1.29 is 5.11 Å². The molecule has 1 rings (SSSR count). The van der Waals surface area contributed by atoms with Gasteiger partial charge in [0, 0.05) is 24.3 Å². The van der Waals surface area contributed by atoms with E-state index < -0.39 is 0 Å². The normalized spacial score (nSPS) is 10.2. The number of rotatable bonds is 5. The smallest absolute Gasteiger partial charge is 0.106 e. The molecule has 0 fully saturated rings. The molecule has 0 amide bonds. The van der Waals surface area contributed by atoms with Crippen LogP contribution in [0, 0.1) is 6.92 Å². The number of benzene rings is 1. The molecule has 0 aromatic heterocycles. The third-order valence-corrected chi connectivity index (χ3v) is 2.73. The Morgan fingerprint density at radius 2 is 2.19 bits per heavy atom. The van der Waals surface area contributed by atoms with Crippen LogP contribution < -0.4 is 10.6 Å². The molecule has 0 saturated carbocycles. The maximum absolute atomic E-state index is 9.01. The van der Waals surface area contributed by atoms with E-state index in [1.54, 1.807) is 0 Å². The largest absolute Gasteiger partial charge is 0.395 e. The summed E-state index contributed by atoms with van der Waals surface area (Å²) in [5.74, 6) is 0. The van der Waals surface area contributed by atoms with Crippen LogP contribution in [0.2, 0.25) is 0 Å².